The van der Waals surface area contributed by atoms with Crippen LogP contribution in [0.1, 0.15) is 0 Å². The van der Waals surface area contributed by atoms with Crippen molar-refractivity contribution in [1.29, 1.82) is 0 Å². The van der Waals surface area contributed by atoms with Gasteiger partial charge in [0.2, 0.25) is 0 Å². The van der Waals surface area contributed by atoms with Crippen molar-refractivity contribution in [2.75, 3.05) is 0 Å². The van der Waals surface area contributed by atoms with Gasteiger partial charge in [0.1, 0.15) is 11.6 Å². The van der Waals surface area contributed by atoms with Crippen molar-refractivity contribution in [1.82, 2.24) is 14.8 Å². The third kappa shape index (κ3) is 2.52. The molecule has 0 N–H and O–H groups in total. The van der Waals surface area contributed by atoms with Crippen LogP contribution < -0.4 is 0 Å². The van der Waals surface area contributed by atoms with Crippen LogP contribution in [0.25, 0.3) is 17.1 Å². The van der Waals surface area contributed by atoms with Crippen molar-refractivity contribution in [3.05, 3.63) is 59.1 Å². The predicted molar refractivity (Wildman–Crippen MR) is 79.0 cm³/mol. The molecule has 0 saturated carbocycles. The van der Waals surface area contributed by atoms with Gasteiger partial charge in [0.25, 0.3) is 0 Å². The molecule has 0 atom stereocenters. The number of hydrogen-bond acceptors (Lipinski definition) is 3. The number of aromatic nitrogens is 3. The van der Waals surface area contributed by atoms with E-state index in [-0.39, 0.29) is 16.5 Å². The summed E-state index contributed by atoms with van der Waals surface area (Å²) < 4.78 is 28.5. The van der Waals surface area contributed by atoms with Crippen molar-refractivity contribution in [3.8, 4) is 17.1 Å². The first-order valence-corrected chi connectivity index (χ1v) is 6.75. The van der Waals surface area contributed by atoms with E-state index in [1.165, 1.54) is 10.6 Å². The molecule has 106 valence electrons. The average Bonchev–Trinajstić information content (AvgIpc) is 2.81. The van der Waals surface area contributed by atoms with Crippen LogP contribution in [0.5, 0.6) is 0 Å². The van der Waals surface area contributed by atoms with E-state index in [9.17, 15) is 8.78 Å². The molecule has 7 heteroatoms. The lowest BCUT2D eigenvalue weighted by molar-refractivity contribution is 0.584. The first-order chi connectivity index (χ1) is 10.1. The van der Waals surface area contributed by atoms with Crippen LogP contribution in [0.15, 0.2) is 47.6 Å². The smallest absolute Gasteiger partial charge is 0.193 e. The van der Waals surface area contributed by atoms with E-state index in [2.05, 4.69) is 22.8 Å². The van der Waals surface area contributed by atoms with Crippen LogP contribution in [0.2, 0.25) is 5.02 Å². The van der Waals surface area contributed by atoms with E-state index in [1.807, 2.05) is 0 Å². The lowest BCUT2D eigenvalue weighted by Crippen LogP contribution is -2.00. The Balaban J connectivity index is 2.25. The Hall–Kier alpha value is -1.92. The molecule has 3 rings (SSSR count). The lowest BCUT2D eigenvalue weighted by atomic mass is 10.2. The van der Waals surface area contributed by atoms with Crippen LogP contribution in [0.3, 0.4) is 0 Å². The third-order valence-electron chi connectivity index (χ3n) is 2.91. The Labute approximate surface area is 129 Å². The Morgan fingerprint density at radius 2 is 1.81 bits per heavy atom. The van der Waals surface area contributed by atoms with Gasteiger partial charge in [-0.05, 0) is 24.3 Å². The maximum Gasteiger partial charge on any atom is 0.193 e. The van der Waals surface area contributed by atoms with Crippen molar-refractivity contribution in [2.24, 2.45) is 0 Å². The van der Waals surface area contributed by atoms with Gasteiger partial charge in [-0.25, -0.2) is 8.78 Å². The van der Waals surface area contributed by atoms with E-state index in [1.54, 1.807) is 24.3 Å². The minimum absolute atomic E-state index is 0.115. The Bertz CT molecular complexity index is 820. The summed E-state index contributed by atoms with van der Waals surface area (Å²) in [5.74, 6) is -1.19. The number of halogens is 3. The van der Waals surface area contributed by atoms with E-state index in [0.717, 1.165) is 12.1 Å². The zero-order chi connectivity index (χ0) is 15.0. The highest BCUT2D eigenvalue weighted by atomic mass is 35.5. The van der Waals surface area contributed by atoms with E-state index >= 15 is 0 Å². The summed E-state index contributed by atoms with van der Waals surface area (Å²) in [5.41, 5.74) is 0.678. The quantitative estimate of drug-likeness (QED) is 0.718. The number of hydrogen-bond donors (Lipinski definition) is 1. The van der Waals surface area contributed by atoms with Crippen molar-refractivity contribution < 1.29 is 8.78 Å². The molecule has 0 aliphatic heterocycles. The van der Waals surface area contributed by atoms with Crippen LogP contribution in [0, 0.1) is 11.6 Å². The third-order valence-corrected chi connectivity index (χ3v) is 3.52. The monoisotopic (exact) mass is 323 g/mol. The molecular formula is C14H8ClF2N3S. The summed E-state index contributed by atoms with van der Waals surface area (Å²) >= 11 is 10.4. The second-order valence-electron chi connectivity index (χ2n) is 4.23. The van der Waals surface area contributed by atoms with Gasteiger partial charge < -0.3 is 0 Å². The molecule has 0 spiro atoms. The van der Waals surface area contributed by atoms with Gasteiger partial charge in [-0.3, -0.25) is 4.57 Å². The summed E-state index contributed by atoms with van der Waals surface area (Å²) in [6.07, 6.45) is 0. The van der Waals surface area contributed by atoms with E-state index in [4.69, 9.17) is 11.6 Å². The molecule has 0 amide bonds. The minimum Gasteiger partial charge on any atom is -0.269 e. The fourth-order valence-corrected chi connectivity index (χ4v) is 2.44. The topological polar surface area (TPSA) is 30.7 Å². The first-order valence-electron chi connectivity index (χ1n) is 5.92. The first kappa shape index (κ1) is 14.0. The molecule has 3 nitrogen and oxygen atoms in total. The molecule has 0 saturated heterocycles. The maximum absolute atomic E-state index is 14.0. The summed E-state index contributed by atoms with van der Waals surface area (Å²) in [6.45, 7) is 0. The summed E-state index contributed by atoms with van der Waals surface area (Å²) in [6, 6.07) is 10.2. The van der Waals surface area contributed by atoms with E-state index < -0.39 is 11.6 Å². The second kappa shape index (κ2) is 5.46. The van der Waals surface area contributed by atoms with Gasteiger partial charge in [0.05, 0.1) is 16.3 Å². The number of thiol groups is 1. The van der Waals surface area contributed by atoms with Crippen LogP contribution >= 0.6 is 24.2 Å². The molecule has 3 aromatic rings. The molecule has 0 fully saturated rings. The van der Waals surface area contributed by atoms with Crippen molar-refractivity contribution in [2.45, 2.75) is 5.16 Å². The highest BCUT2D eigenvalue weighted by Gasteiger charge is 2.18. The second-order valence-corrected chi connectivity index (χ2v) is 5.04. The summed E-state index contributed by atoms with van der Waals surface area (Å²) in [4.78, 5) is 0. The molecule has 0 unspecified atom stereocenters. The highest BCUT2D eigenvalue weighted by Crippen LogP contribution is 2.30. The summed E-state index contributed by atoms with van der Waals surface area (Å²) in [7, 11) is 0. The summed E-state index contributed by atoms with van der Waals surface area (Å²) in [5, 5.41) is 8.43. The SMILES string of the molecule is Fc1ccc(-c2nnc(S)n2-c2ccccc2Cl)c(F)c1. The zero-order valence-corrected chi connectivity index (χ0v) is 12.1. The van der Waals surface area contributed by atoms with Gasteiger partial charge in [0, 0.05) is 6.07 Å². The molecule has 0 bridgehead atoms. The molecule has 0 aliphatic carbocycles. The van der Waals surface area contributed by atoms with Gasteiger partial charge in [-0.1, -0.05) is 23.7 Å². The van der Waals surface area contributed by atoms with Gasteiger partial charge in [-0.2, -0.15) is 0 Å². The molecule has 21 heavy (non-hydrogen) atoms. The van der Waals surface area contributed by atoms with Gasteiger partial charge >= 0.3 is 0 Å². The Kier molecular flexibility index (Phi) is 3.65. The Morgan fingerprint density at radius 1 is 1.05 bits per heavy atom. The lowest BCUT2D eigenvalue weighted by Gasteiger charge is -2.10. The predicted octanol–water partition coefficient (Wildman–Crippen LogP) is 4.15. The standard InChI is InChI=1S/C14H8ClF2N3S/c15-10-3-1-2-4-12(10)20-13(18-19-14(20)21)9-6-5-8(16)7-11(9)17/h1-7H,(H,19,21). The number of para-hydroxylation sites is 1. The molecule has 1 aromatic heterocycles. The van der Waals surface area contributed by atoms with Crippen LogP contribution in [-0.2, 0) is 0 Å². The Morgan fingerprint density at radius 3 is 2.52 bits per heavy atom. The van der Waals surface area contributed by atoms with E-state index in [0.29, 0.717) is 10.7 Å². The normalized spacial score (nSPS) is 10.9. The van der Waals surface area contributed by atoms with Gasteiger partial charge in [-0.15, -0.1) is 22.8 Å². The molecule has 0 radical (unpaired) electrons. The fraction of sp³-hybridized carbons (Fsp3) is 0. The van der Waals surface area contributed by atoms with Crippen molar-refractivity contribution in [3.63, 3.8) is 0 Å². The number of rotatable bonds is 2. The molecule has 0 aliphatic rings. The van der Waals surface area contributed by atoms with Crippen LogP contribution in [-0.4, -0.2) is 14.8 Å². The highest BCUT2D eigenvalue weighted by molar-refractivity contribution is 7.80. The largest absolute Gasteiger partial charge is 0.269 e. The fourth-order valence-electron chi connectivity index (χ4n) is 1.98. The number of nitrogens with zero attached hydrogens (tertiary/aromatic N) is 3. The molecular weight excluding hydrogens is 316 g/mol. The number of benzene rings is 2. The molecule has 1 heterocycles. The van der Waals surface area contributed by atoms with Crippen molar-refractivity contribution >= 4 is 24.2 Å². The van der Waals surface area contributed by atoms with Crippen LogP contribution in [0.4, 0.5) is 8.78 Å². The maximum atomic E-state index is 14.0. The zero-order valence-electron chi connectivity index (χ0n) is 10.5. The average molecular weight is 324 g/mol. The van der Waals surface area contributed by atoms with Gasteiger partial charge in [0.15, 0.2) is 11.0 Å². The minimum atomic E-state index is -0.732. The molecule has 2 aromatic carbocycles.